The van der Waals surface area contributed by atoms with Crippen LogP contribution in [0.25, 0.3) is 0 Å². The van der Waals surface area contributed by atoms with Gasteiger partial charge in [0.05, 0.1) is 0 Å². The van der Waals surface area contributed by atoms with Crippen LogP contribution < -0.4 is 0 Å². The molecular formula is C26H54NO2Zn. The summed E-state index contributed by atoms with van der Waals surface area (Å²) in [5.74, 6) is -0.653. The third kappa shape index (κ3) is 32.7. The van der Waals surface area contributed by atoms with E-state index in [1.165, 1.54) is 141 Å². The van der Waals surface area contributed by atoms with Gasteiger partial charge in [0.25, 0.3) is 0 Å². The van der Waals surface area contributed by atoms with Crippen LogP contribution in [0.2, 0.25) is 0 Å². The molecule has 3 nitrogen and oxygen atoms in total. The quantitative estimate of drug-likeness (QED) is 0.125. The Hall–Kier alpha value is 0.0534. The van der Waals surface area contributed by atoms with E-state index in [-0.39, 0.29) is 0 Å². The predicted molar refractivity (Wildman–Crippen MR) is 129 cm³/mol. The number of rotatable bonds is 22. The molecule has 0 saturated carbocycles. The molecule has 0 amide bonds. The number of nitrogens with zero attached hydrogens (tertiary/aromatic N) is 1. The Morgan fingerprint density at radius 3 is 1.17 bits per heavy atom. The molecule has 0 rings (SSSR count). The number of unbranched alkanes of at least 4 members (excludes halogenated alkanes) is 16. The molecule has 0 aliphatic rings. The number of carbonyl (C=O) groups is 1. The van der Waals surface area contributed by atoms with Gasteiger partial charge in [-0.25, -0.2) is 0 Å². The maximum absolute atomic E-state index is 10.3. The van der Waals surface area contributed by atoms with Gasteiger partial charge in [0.2, 0.25) is 0 Å². The Labute approximate surface area is 200 Å². The van der Waals surface area contributed by atoms with Gasteiger partial charge in [0.1, 0.15) is 0 Å². The van der Waals surface area contributed by atoms with Crippen LogP contribution in [-0.2, 0) is 23.3 Å². The van der Waals surface area contributed by atoms with Crippen LogP contribution in [-0.4, -0.2) is 27.8 Å². The fourth-order valence-electron chi connectivity index (χ4n) is 3.52. The van der Waals surface area contributed by atoms with E-state index in [0.29, 0.717) is 6.42 Å². The Morgan fingerprint density at radius 1 is 0.567 bits per heavy atom. The van der Waals surface area contributed by atoms with Crippen molar-refractivity contribution in [1.29, 1.82) is 0 Å². The average Bonchev–Trinajstić information content (AvgIpc) is 2.73. The minimum absolute atomic E-state index is 0.345. The third-order valence-corrected chi connectivity index (χ3v) is 6.98. The topological polar surface area (TPSA) is 40.5 Å². The van der Waals surface area contributed by atoms with Crippen molar-refractivity contribution in [3.8, 4) is 0 Å². The molecule has 0 saturated heterocycles. The van der Waals surface area contributed by atoms with Crippen molar-refractivity contribution in [2.45, 2.75) is 149 Å². The molecule has 0 fully saturated rings. The first-order chi connectivity index (χ1) is 14.6. The van der Waals surface area contributed by atoms with Crippen molar-refractivity contribution >= 4 is 5.97 Å². The van der Waals surface area contributed by atoms with E-state index in [2.05, 4.69) is 24.4 Å². The van der Waals surface area contributed by atoms with Crippen molar-refractivity contribution in [3.05, 3.63) is 0 Å². The Morgan fingerprint density at radius 2 is 0.867 bits per heavy atom. The van der Waals surface area contributed by atoms with E-state index in [0.717, 1.165) is 12.8 Å². The van der Waals surface area contributed by atoms with Gasteiger partial charge in [0, 0.05) is 6.42 Å². The number of hydrogen-bond donors (Lipinski definition) is 1. The number of carboxylic acids is 1. The molecule has 0 spiro atoms. The number of hydrogen-bond acceptors (Lipinski definition) is 2. The van der Waals surface area contributed by atoms with Crippen molar-refractivity contribution in [2.75, 3.05) is 13.1 Å². The maximum atomic E-state index is 10.3. The zero-order valence-electron chi connectivity index (χ0n) is 21.1. The van der Waals surface area contributed by atoms with Crippen LogP contribution in [0.3, 0.4) is 0 Å². The molecule has 0 aromatic rings. The summed E-state index contributed by atoms with van der Waals surface area (Å²) < 4.78 is 2.55. The first kappa shape index (κ1) is 32.2. The van der Waals surface area contributed by atoms with Crippen molar-refractivity contribution in [3.63, 3.8) is 0 Å². The van der Waals surface area contributed by atoms with Crippen LogP contribution in [0.15, 0.2) is 0 Å². The van der Waals surface area contributed by atoms with E-state index < -0.39 is 5.97 Å². The molecule has 0 aliphatic carbocycles. The van der Waals surface area contributed by atoms with E-state index in [9.17, 15) is 4.79 Å². The van der Waals surface area contributed by atoms with Gasteiger partial charge in [-0.1, -0.05) is 96.8 Å². The second-order valence-electron chi connectivity index (χ2n) is 8.92. The normalized spacial score (nSPS) is 10.9. The minimum atomic E-state index is -0.653. The van der Waals surface area contributed by atoms with Crippen LogP contribution in [0.5, 0.6) is 0 Å². The monoisotopic (exact) mass is 476 g/mol. The molecular weight excluding hydrogens is 424 g/mol. The summed E-state index contributed by atoms with van der Waals surface area (Å²) in [5.41, 5.74) is 0. The number of carboxylic acid groups (broad SMARTS) is 1. The van der Waals surface area contributed by atoms with Crippen molar-refractivity contribution in [2.24, 2.45) is 0 Å². The first-order valence-corrected chi connectivity index (χ1v) is 14.7. The van der Waals surface area contributed by atoms with E-state index in [1.54, 1.807) is 0 Å². The molecule has 0 aliphatic heterocycles. The molecule has 0 atom stereocenters. The van der Waals surface area contributed by atoms with Gasteiger partial charge < -0.3 is 5.11 Å². The standard InChI is InChI=1S/C18H36O2.C8H18N.Zn/c1-2-3-4-5-6-7-8-9-10-11-12-13-14-15-16-17-18(19)20;1-3-5-7-9-8-6-4-2;/h2-17H2,1H3,(H,19,20);3-8H2,1-2H3;/q;-1;+1. The molecule has 30 heavy (non-hydrogen) atoms. The zero-order chi connectivity index (χ0) is 22.7. The first-order valence-electron chi connectivity index (χ1n) is 13.4. The molecule has 4 heteroatoms. The third-order valence-electron chi connectivity index (χ3n) is 5.65. The van der Waals surface area contributed by atoms with Crippen molar-refractivity contribution in [1.82, 2.24) is 3.64 Å². The molecule has 0 radical (unpaired) electrons. The second-order valence-corrected chi connectivity index (χ2v) is 10.8. The van der Waals surface area contributed by atoms with Gasteiger partial charge in [-0.3, -0.25) is 4.79 Å². The molecule has 177 valence electrons. The fraction of sp³-hybridized carbons (Fsp3) is 0.962. The summed E-state index contributed by atoms with van der Waals surface area (Å²) in [7, 11) is 0. The van der Waals surface area contributed by atoms with E-state index in [1.807, 2.05) is 0 Å². The van der Waals surface area contributed by atoms with Gasteiger partial charge in [-0.2, -0.15) is 0 Å². The summed E-state index contributed by atoms with van der Waals surface area (Å²) in [6.07, 6.45) is 25.6. The molecule has 0 heterocycles. The summed E-state index contributed by atoms with van der Waals surface area (Å²) >= 11 is 1.35. The van der Waals surface area contributed by atoms with Crippen LogP contribution >= 0.6 is 0 Å². The summed E-state index contributed by atoms with van der Waals surface area (Å²) in [5, 5.41) is 8.52. The zero-order valence-corrected chi connectivity index (χ0v) is 24.0. The Kier molecular flexibility index (Phi) is 31.2. The van der Waals surface area contributed by atoms with Crippen LogP contribution in [0, 0.1) is 0 Å². The predicted octanol–water partition coefficient (Wildman–Crippen LogP) is 8.68. The van der Waals surface area contributed by atoms with Gasteiger partial charge in [-0.05, 0) is 6.42 Å². The Balaban J connectivity index is 0. The fourth-order valence-corrected chi connectivity index (χ4v) is 4.46. The summed E-state index contributed by atoms with van der Waals surface area (Å²) in [6.45, 7) is 9.44. The molecule has 1 N–H and O–H groups in total. The summed E-state index contributed by atoms with van der Waals surface area (Å²) in [6, 6.07) is 0. The molecule has 0 aromatic carbocycles. The SMILES string of the molecule is CCCCCCCCCCCCCCCCCC(=O)O.CCCC[N]([Zn])CCCC. The molecule has 0 aromatic heterocycles. The van der Waals surface area contributed by atoms with E-state index >= 15 is 0 Å². The van der Waals surface area contributed by atoms with E-state index in [4.69, 9.17) is 5.11 Å². The van der Waals surface area contributed by atoms with Gasteiger partial charge in [-0.15, -0.1) is 0 Å². The molecule has 0 unspecified atom stereocenters. The second kappa shape index (κ2) is 29.1. The molecule has 0 bridgehead atoms. The summed E-state index contributed by atoms with van der Waals surface area (Å²) in [4.78, 5) is 10.3. The van der Waals surface area contributed by atoms with Gasteiger partial charge >= 0.3 is 80.8 Å². The van der Waals surface area contributed by atoms with Crippen LogP contribution in [0.1, 0.15) is 149 Å². The number of aliphatic carboxylic acids is 1. The Bertz CT molecular complexity index is 318. The average molecular weight is 478 g/mol. The van der Waals surface area contributed by atoms with Crippen LogP contribution in [0.4, 0.5) is 0 Å². The van der Waals surface area contributed by atoms with Gasteiger partial charge in [0.15, 0.2) is 0 Å². The van der Waals surface area contributed by atoms with Crippen molar-refractivity contribution < 1.29 is 28.4 Å².